The lowest BCUT2D eigenvalue weighted by molar-refractivity contribution is -0.134. The molecule has 0 aliphatic heterocycles. The topological polar surface area (TPSA) is 50.1 Å². The van der Waals surface area contributed by atoms with Crippen molar-refractivity contribution in [2.24, 2.45) is 0 Å². The van der Waals surface area contributed by atoms with Gasteiger partial charge in [-0.3, -0.25) is 0 Å². The number of benzene rings is 1. The molecule has 82 valence electrons. The fourth-order valence-corrected chi connectivity index (χ4v) is 1.13. The fourth-order valence-electron chi connectivity index (χ4n) is 1.13. The van der Waals surface area contributed by atoms with Crippen molar-refractivity contribution in [2.45, 2.75) is 6.42 Å². The van der Waals surface area contributed by atoms with Gasteiger partial charge in [-0.25, -0.2) is 9.18 Å². The number of carbonyl (C=O) groups excluding carboxylic acids is 1. The molecule has 0 spiro atoms. The Morgan fingerprint density at radius 2 is 2.38 bits per heavy atom. The third-order valence-corrected chi connectivity index (χ3v) is 1.95. The average molecular weight is 219 g/mol. The summed E-state index contributed by atoms with van der Waals surface area (Å²) in [7, 11) is 1.25. The molecule has 3 nitrogen and oxygen atoms in total. The van der Waals surface area contributed by atoms with Crippen LogP contribution in [0.3, 0.4) is 0 Å². The highest BCUT2D eigenvalue weighted by Gasteiger charge is 2.01. The van der Waals surface area contributed by atoms with Gasteiger partial charge in [0.15, 0.2) is 0 Å². The first-order valence-electron chi connectivity index (χ1n) is 4.58. The first-order valence-corrected chi connectivity index (χ1v) is 4.58. The maximum absolute atomic E-state index is 13.4. The molecule has 0 radical (unpaired) electrons. The molecule has 0 saturated carbocycles. The van der Waals surface area contributed by atoms with Crippen molar-refractivity contribution < 1.29 is 13.9 Å². The molecule has 0 saturated heterocycles. The Kier molecular flexibility index (Phi) is 4.22. The maximum Gasteiger partial charge on any atom is 0.330 e. The van der Waals surface area contributed by atoms with Crippen LogP contribution in [0, 0.1) is 17.1 Å². The Balaban J connectivity index is 2.88. The van der Waals surface area contributed by atoms with Gasteiger partial charge in [-0.1, -0.05) is 12.1 Å². The van der Waals surface area contributed by atoms with Crippen molar-refractivity contribution in [1.29, 1.82) is 5.26 Å². The summed E-state index contributed by atoms with van der Waals surface area (Å²) >= 11 is 0. The van der Waals surface area contributed by atoms with E-state index in [4.69, 9.17) is 5.26 Å². The monoisotopic (exact) mass is 219 g/mol. The molecule has 0 fully saturated rings. The Bertz CT molecular complexity index is 461. The summed E-state index contributed by atoms with van der Waals surface area (Å²) in [5.74, 6) is -1.01. The lowest BCUT2D eigenvalue weighted by Gasteiger charge is -1.99. The molecule has 0 heterocycles. The van der Waals surface area contributed by atoms with E-state index in [0.717, 1.165) is 6.08 Å². The van der Waals surface area contributed by atoms with Gasteiger partial charge in [0.2, 0.25) is 0 Å². The van der Waals surface area contributed by atoms with Crippen LogP contribution in [0.1, 0.15) is 11.1 Å². The van der Waals surface area contributed by atoms with Gasteiger partial charge < -0.3 is 4.74 Å². The van der Waals surface area contributed by atoms with Gasteiger partial charge >= 0.3 is 5.97 Å². The molecule has 1 rings (SSSR count). The number of nitriles is 1. The van der Waals surface area contributed by atoms with Crippen LogP contribution in [0.15, 0.2) is 24.3 Å². The van der Waals surface area contributed by atoms with E-state index in [-0.39, 0.29) is 12.0 Å². The molecule has 0 aliphatic rings. The molecule has 0 atom stereocenters. The number of hydrogen-bond donors (Lipinski definition) is 0. The summed E-state index contributed by atoms with van der Waals surface area (Å²) < 4.78 is 17.8. The number of halogens is 1. The summed E-state index contributed by atoms with van der Waals surface area (Å²) in [6, 6.07) is 6.37. The average Bonchev–Trinajstić information content (AvgIpc) is 2.28. The van der Waals surface area contributed by atoms with Crippen LogP contribution in [0.4, 0.5) is 4.39 Å². The van der Waals surface area contributed by atoms with E-state index in [1.807, 2.05) is 6.07 Å². The lowest BCUT2D eigenvalue weighted by atomic mass is 10.1. The van der Waals surface area contributed by atoms with Crippen LogP contribution in [0.25, 0.3) is 6.08 Å². The van der Waals surface area contributed by atoms with Crippen molar-refractivity contribution in [3.05, 3.63) is 41.2 Å². The molecule has 0 aliphatic carbocycles. The Morgan fingerprint density at radius 3 is 2.94 bits per heavy atom. The Labute approximate surface area is 92.8 Å². The number of ether oxygens (including phenoxy) is 1. The highest BCUT2D eigenvalue weighted by Crippen LogP contribution is 2.12. The lowest BCUT2D eigenvalue weighted by Crippen LogP contribution is -1.94. The smallest absolute Gasteiger partial charge is 0.330 e. The molecule has 0 aromatic heterocycles. The van der Waals surface area contributed by atoms with Gasteiger partial charge in [0.25, 0.3) is 0 Å². The van der Waals surface area contributed by atoms with Crippen molar-refractivity contribution in [2.75, 3.05) is 7.11 Å². The van der Waals surface area contributed by atoms with Gasteiger partial charge in [0.05, 0.1) is 19.6 Å². The Morgan fingerprint density at radius 1 is 1.62 bits per heavy atom. The van der Waals surface area contributed by atoms with Gasteiger partial charge in [-0.2, -0.15) is 5.26 Å². The normalized spacial score (nSPS) is 10.1. The number of hydrogen-bond acceptors (Lipinski definition) is 3. The van der Waals surface area contributed by atoms with Crippen molar-refractivity contribution in [1.82, 2.24) is 0 Å². The van der Waals surface area contributed by atoms with Crippen molar-refractivity contribution in [3.8, 4) is 6.07 Å². The number of carbonyl (C=O) groups is 1. The highest BCUT2D eigenvalue weighted by molar-refractivity contribution is 5.86. The minimum absolute atomic E-state index is 0.165. The van der Waals surface area contributed by atoms with Gasteiger partial charge in [0, 0.05) is 11.6 Å². The van der Waals surface area contributed by atoms with Crippen molar-refractivity contribution >= 4 is 12.0 Å². The van der Waals surface area contributed by atoms with E-state index >= 15 is 0 Å². The summed E-state index contributed by atoms with van der Waals surface area (Å²) in [5, 5.41) is 8.44. The highest BCUT2D eigenvalue weighted by atomic mass is 19.1. The minimum atomic E-state index is -0.541. The second-order valence-electron chi connectivity index (χ2n) is 3.05. The van der Waals surface area contributed by atoms with E-state index in [9.17, 15) is 9.18 Å². The zero-order chi connectivity index (χ0) is 12.0. The zero-order valence-electron chi connectivity index (χ0n) is 8.74. The molecule has 0 unspecified atom stereocenters. The molecule has 1 aromatic rings. The molecule has 0 amide bonds. The van der Waals surface area contributed by atoms with E-state index in [2.05, 4.69) is 4.74 Å². The van der Waals surface area contributed by atoms with Gasteiger partial charge in [-0.15, -0.1) is 0 Å². The number of rotatable bonds is 3. The third kappa shape index (κ3) is 3.21. The third-order valence-electron chi connectivity index (χ3n) is 1.95. The Hall–Kier alpha value is -2.15. The first kappa shape index (κ1) is 11.9. The second kappa shape index (κ2) is 5.66. The molecule has 0 bridgehead atoms. The van der Waals surface area contributed by atoms with E-state index in [0.29, 0.717) is 5.56 Å². The molecular weight excluding hydrogens is 209 g/mol. The number of methoxy groups -OCH3 is 1. The van der Waals surface area contributed by atoms with Crippen LogP contribution < -0.4 is 0 Å². The minimum Gasteiger partial charge on any atom is -0.466 e. The summed E-state index contributed by atoms with van der Waals surface area (Å²) in [4.78, 5) is 10.8. The zero-order valence-corrected chi connectivity index (χ0v) is 8.74. The van der Waals surface area contributed by atoms with Crippen LogP contribution in [0.5, 0.6) is 0 Å². The quantitative estimate of drug-likeness (QED) is 0.577. The molecule has 16 heavy (non-hydrogen) atoms. The SMILES string of the molecule is COC(=O)C=Cc1ccc(CC#N)cc1F. The first-order chi connectivity index (χ1) is 7.67. The predicted octanol–water partition coefficient (Wildman–Crippen LogP) is 2.08. The maximum atomic E-state index is 13.4. The van der Waals surface area contributed by atoms with Crippen LogP contribution in [-0.4, -0.2) is 13.1 Å². The van der Waals surface area contributed by atoms with Gasteiger partial charge in [-0.05, 0) is 17.7 Å². The predicted molar refractivity (Wildman–Crippen MR) is 56.8 cm³/mol. The summed E-state index contributed by atoms with van der Waals surface area (Å²) in [6.07, 6.45) is 2.64. The van der Waals surface area contributed by atoms with Crippen LogP contribution in [-0.2, 0) is 16.0 Å². The van der Waals surface area contributed by atoms with E-state index in [1.54, 1.807) is 6.07 Å². The molecule has 1 aromatic carbocycles. The molecule has 4 heteroatoms. The standard InChI is InChI=1S/C12H10FNO2/c1-16-12(15)5-4-10-3-2-9(6-7-14)8-11(10)13/h2-5,8H,6H2,1H3. The van der Waals surface area contributed by atoms with E-state index in [1.165, 1.54) is 25.3 Å². The summed E-state index contributed by atoms with van der Waals surface area (Å²) in [5.41, 5.74) is 0.891. The largest absolute Gasteiger partial charge is 0.466 e. The second-order valence-corrected chi connectivity index (χ2v) is 3.05. The van der Waals surface area contributed by atoms with E-state index < -0.39 is 11.8 Å². The summed E-state index contributed by atoms with van der Waals surface area (Å²) in [6.45, 7) is 0. The molecular formula is C12H10FNO2. The van der Waals surface area contributed by atoms with Gasteiger partial charge in [0.1, 0.15) is 5.82 Å². The number of esters is 1. The molecule has 0 N–H and O–H groups in total. The van der Waals surface area contributed by atoms with Crippen LogP contribution in [0.2, 0.25) is 0 Å². The van der Waals surface area contributed by atoms with Crippen LogP contribution >= 0.6 is 0 Å². The number of nitrogens with zero attached hydrogens (tertiary/aromatic N) is 1. The fraction of sp³-hybridized carbons (Fsp3) is 0.167. The van der Waals surface area contributed by atoms with Crippen molar-refractivity contribution in [3.63, 3.8) is 0 Å².